The number of allylic oxidation sites excluding steroid dienone is 2. The fourth-order valence-corrected chi connectivity index (χ4v) is 4.88. The highest BCUT2D eigenvalue weighted by Gasteiger charge is 2.23. The fraction of sp³-hybridized carbons (Fsp3) is 0.310. The van der Waals surface area contributed by atoms with Crippen molar-refractivity contribution < 1.29 is 22.0 Å². The lowest BCUT2D eigenvalue weighted by Crippen LogP contribution is -2.13. The van der Waals surface area contributed by atoms with Gasteiger partial charge in [0.2, 0.25) is 0 Å². The zero-order valence-corrected chi connectivity index (χ0v) is 19.1. The van der Waals surface area contributed by atoms with Crippen LogP contribution in [-0.4, -0.2) is 0 Å². The summed E-state index contributed by atoms with van der Waals surface area (Å²) in [7, 11) is 0. The number of hydrogen-bond donors (Lipinski definition) is 0. The number of benzene rings is 3. The van der Waals surface area contributed by atoms with E-state index in [0.29, 0.717) is 17.4 Å². The molecule has 0 aliphatic heterocycles. The van der Waals surface area contributed by atoms with Crippen LogP contribution in [0, 0.1) is 29.2 Å². The Morgan fingerprint density at radius 1 is 0.735 bits per heavy atom. The largest absolute Gasteiger partial charge is 0.246 e. The van der Waals surface area contributed by atoms with Crippen molar-refractivity contribution in [1.82, 2.24) is 0 Å². The van der Waals surface area contributed by atoms with Crippen LogP contribution in [0.15, 0.2) is 60.7 Å². The van der Waals surface area contributed by atoms with Gasteiger partial charge < -0.3 is 0 Å². The number of rotatable bonds is 6. The van der Waals surface area contributed by atoms with Gasteiger partial charge in [0, 0.05) is 11.1 Å². The Morgan fingerprint density at radius 3 is 1.91 bits per heavy atom. The Balaban J connectivity index is 1.54. The lowest BCUT2D eigenvalue weighted by Gasteiger charge is -2.28. The minimum Gasteiger partial charge on any atom is -0.246 e. The molecule has 0 N–H and O–H groups in total. The van der Waals surface area contributed by atoms with Crippen LogP contribution in [0.2, 0.25) is 0 Å². The molecule has 0 radical (unpaired) electrons. The topological polar surface area (TPSA) is 0 Å². The van der Waals surface area contributed by atoms with E-state index in [-0.39, 0.29) is 16.7 Å². The van der Waals surface area contributed by atoms with E-state index in [0.717, 1.165) is 55.9 Å². The average molecular weight is 471 g/mol. The number of halogens is 5. The minimum atomic E-state index is -1.29. The molecule has 1 aliphatic rings. The second kappa shape index (κ2) is 10.5. The van der Waals surface area contributed by atoms with Crippen LogP contribution in [0.4, 0.5) is 22.0 Å². The molecule has 0 unspecified atom stereocenters. The Hall–Kier alpha value is -2.95. The molecule has 178 valence electrons. The van der Waals surface area contributed by atoms with Gasteiger partial charge in [0.05, 0.1) is 5.56 Å². The van der Waals surface area contributed by atoms with E-state index in [1.165, 1.54) is 12.1 Å². The predicted octanol–water partition coefficient (Wildman–Crippen LogP) is 9.29. The van der Waals surface area contributed by atoms with Crippen molar-refractivity contribution in [3.63, 3.8) is 0 Å². The number of hydrogen-bond acceptors (Lipinski definition) is 0. The monoisotopic (exact) mass is 470 g/mol. The summed E-state index contributed by atoms with van der Waals surface area (Å²) in [5.74, 6) is -2.30. The van der Waals surface area contributed by atoms with Gasteiger partial charge in [-0.1, -0.05) is 36.4 Å². The van der Waals surface area contributed by atoms with Crippen LogP contribution in [-0.2, 0) is 6.67 Å². The maximum Gasteiger partial charge on any atom is 0.132 e. The lowest BCUT2D eigenvalue weighted by atomic mass is 9.77. The van der Waals surface area contributed by atoms with Gasteiger partial charge in [-0.15, -0.1) is 0 Å². The van der Waals surface area contributed by atoms with Crippen molar-refractivity contribution in [3.05, 3.63) is 95.1 Å². The molecule has 0 nitrogen and oxygen atoms in total. The summed E-state index contributed by atoms with van der Waals surface area (Å²) in [6.45, 7) is 0.742. The molecule has 0 amide bonds. The molecule has 1 saturated carbocycles. The molecule has 0 bridgehead atoms. The lowest BCUT2D eigenvalue weighted by molar-refractivity contribution is 0.328. The molecule has 5 heteroatoms. The smallest absolute Gasteiger partial charge is 0.132 e. The van der Waals surface area contributed by atoms with Crippen molar-refractivity contribution in [2.24, 2.45) is 5.92 Å². The van der Waals surface area contributed by atoms with Crippen molar-refractivity contribution in [2.45, 2.75) is 51.6 Å². The van der Waals surface area contributed by atoms with Gasteiger partial charge in [0.1, 0.15) is 29.9 Å². The van der Waals surface area contributed by atoms with Crippen molar-refractivity contribution >= 4 is 0 Å². The van der Waals surface area contributed by atoms with E-state index < -0.39 is 35.5 Å². The SMILES string of the molecule is C/C=C\CC1CCC(c2ccc(-c3ccc(-c4cc(F)c(CF)c(F)c4)c(F)c3)c(F)c2)CC1. The summed E-state index contributed by atoms with van der Waals surface area (Å²) >= 11 is 0. The first kappa shape index (κ1) is 24.2. The molecule has 1 aliphatic carbocycles. The third-order valence-corrected chi connectivity index (χ3v) is 6.88. The third-order valence-electron chi connectivity index (χ3n) is 6.88. The molecular formula is C29H27F5. The highest BCUT2D eigenvalue weighted by molar-refractivity contribution is 5.72. The van der Waals surface area contributed by atoms with Crippen molar-refractivity contribution in [2.75, 3.05) is 0 Å². The molecule has 0 heterocycles. The van der Waals surface area contributed by atoms with E-state index in [1.807, 2.05) is 13.0 Å². The molecule has 0 saturated heterocycles. The third kappa shape index (κ3) is 5.08. The summed E-state index contributed by atoms with van der Waals surface area (Å²) in [5, 5.41) is 0. The molecule has 4 rings (SSSR count). The van der Waals surface area contributed by atoms with Crippen LogP contribution in [0.5, 0.6) is 0 Å². The maximum absolute atomic E-state index is 15.0. The summed E-state index contributed by atoms with van der Waals surface area (Å²) < 4.78 is 70.5. The Bertz CT molecular complexity index is 1170. The first-order valence-electron chi connectivity index (χ1n) is 11.7. The van der Waals surface area contributed by atoms with Gasteiger partial charge in [0.25, 0.3) is 0 Å². The molecule has 34 heavy (non-hydrogen) atoms. The minimum absolute atomic E-state index is 0.0429. The van der Waals surface area contributed by atoms with E-state index in [2.05, 4.69) is 12.2 Å². The quantitative estimate of drug-likeness (QED) is 0.249. The second-order valence-electron chi connectivity index (χ2n) is 9.01. The molecule has 0 spiro atoms. The zero-order chi connectivity index (χ0) is 24.2. The van der Waals surface area contributed by atoms with E-state index in [9.17, 15) is 17.6 Å². The Labute approximate surface area is 197 Å². The first-order chi connectivity index (χ1) is 16.4. The fourth-order valence-electron chi connectivity index (χ4n) is 4.88. The van der Waals surface area contributed by atoms with Crippen LogP contribution in [0.25, 0.3) is 22.3 Å². The normalized spacial score (nSPS) is 18.5. The van der Waals surface area contributed by atoms with Crippen molar-refractivity contribution in [1.29, 1.82) is 0 Å². The van der Waals surface area contributed by atoms with Crippen molar-refractivity contribution in [3.8, 4) is 22.3 Å². The zero-order valence-electron chi connectivity index (χ0n) is 19.1. The summed E-state index contributed by atoms with van der Waals surface area (Å²) in [6.07, 6.45) is 9.68. The Kier molecular flexibility index (Phi) is 7.50. The second-order valence-corrected chi connectivity index (χ2v) is 9.01. The molecule has 1 fully saturated rings. The van der Waals surface area contributed by atoms with Crippen LogP contribution >= 0.6 is 0 Å². The molecule has 0 atom stereocenters. The van der Waals surface area contributed by atoms with Gasteiger partial charge in [-0.25, -0.2) is 22.0 Å². The summed E-state index contributed by atoms with van der Waals surface area (Å²) in [6, 6.07) is 10.9. The Morgan fingerprint density at radius 2 is 1.32 bits per heavy atom. The molecular weight excluding hydrogens is 443 g/mol. The molecule has 3 aromatic rings. The van der Waals surface area contributed by atoms with Crippen LogP contribution in [0.1, 0.15) is 56.1 Å². The van der Waals surface area contributed by atoms with Gasteiger partial charge in [0.15, 0.2) is 0 Å². The highest BCUT2D eigenvalue weighted by atomic mass is 19.2. The predicted molar refractivity (Wildman–Crippen MR) is 126 cm³/mol. The van der Waals surface area contributed by atoms with Gasteiger partial charge in [-0.05, 0) is 91.8 Å². The standard InChI is InChI=1S/C29H27F5/c1-2-3-4-18-5-7-19(8-6-18)20-9-11-23(26(31)13-20)21-10-12-24(27(32)14-21)22-15-28(33)25(17-30)29(34)16-22/h2-3,9-16,18-19H,4-8,17H2,1H3/b3-2-. The summed E-state index contributed by atoms with van der Waals surface area (Å²) in [5.41, 5.74) is 0.787. The van der Waals surface area contributed by atoms with Gasteiger partial charge in [-0.3, -0.25) is 0 Å². The van der Waals surface area contributed by atoms with E-state index in [1.54, 1.807) is 12.1 Å². The van der Waals surface area contributed by atoms with Gasteiger partial charge >= 0.3 is 0 Å². The molecule has 0 aromatic heterocycles. The van der Waals surface area contributed by atoms with Crippen LogP contribution < -0.4 is 0 Å². The van der Waals surface area contributed by atoms with E-state index in [4.69, 9.17) is 0 Å². The van der Waals surface area contributed by atoms with Gasteiger partial charge in [-0.2, -0.15) is 0 Å². The molecule has 3 aromatic carbocycles. The maximum atomic E-state index is 15.0. The van der Waals surface area contributed by atoms with E-state index >= 15 is 4.39 Å². The number of alkyl halides is 1. The average Bonchev–Trinajstić information content (AvgIpc) is 2.82. The summed E-state index contributed by atoms with van der Waals surface area (Å²) in [4.78, 5) is 0. The van der Waals surface area contributed by atoms with Crippen LogP contribution in [0.3, 0.4) is 0 Å². The first-order valence-corrected chi connectivity index (χ1v) is 11.7. The highest BCUT2D eigenvalue weighted by Crippen LogP contribution is 2.39.